The van der Waals surface area contributed by atoms with Gasteiger partial charge in [0.05, 0.1) is 28.1 Å². The molecule has 3 nitrogen and oxygen atoms in total. The molecule has 0 spiro atoms. The van der Waals surface area contributed by atoms with Crippen LogP contribution in [0.4, 0.5) is 0 Å². The lowest BCUT2D eigenvalue weighted by Gasteiger charge is -2.25. The molecule has 222 valence electrons. The van der Waals surface area contributed by atoms with Gasteiger partial charge in [-0.3, -0.25) is 0 Å². The molecular weight excluding hydrogens is 591 g/mol. The van der Waals surface area contributed by atoms with Crippen molar-refractivity contribution in [1.82, 2.24) is 14.5 Å². The summed E-state index contributed by atoms with van der Waals surface area (Å²) in [5.41, 5.74) is 11.0. The first-order valence-electron chi connectivity index (χ1n) is 16.1. The smallest absolute Gasteiger partial charge is 0.160 e. The Labute approximate surface area is 276 Å². The zero-order valence-corrected chi connectivity index (χ0v) is 26.8. The lowest BCUT2D eigenvalue weighted by Crippen LogP contribution is -2.18. The predicted octanol–water partition coefficient (Wildman–Crippen LogP) is 11.6. The van der Waals surface area contributed by atoms with Crippen LogP contribution < -0.4 is 0 Å². The van der Waals surface area contributed by atoms with Crippen LogP contribution in [0.25, 0.3) is 81.6 Å². The van der Waals surface area contributed by atoms with E-state index in [1.165, 1.54) is 58.7 Å². The molecule has 9 aromatic rings. The van der Waals surface area contributed by atoms with Gasteiger partial charge in [0, 0.05) is 58.6 Å². The van der Waals surface area contributed by atoms with Crippen molar-refractivity contribution in [2.45, 2.75) is 19.3 Å². The van der Waals surface area contributed by atoms with Crippen molar-refractivity contribution in [2.75, 3.05) is 0 Å². The molecule has 0 radical (unpaired) electrons. The minimum atomic E-state index is -0.270. The molecule has 0 aliphatic heterocycles. The summed E-state index contributed by atoms with van der Waals surface area (Å²) in [6.45, 7) is 4.63. The second-order valence-electron chi connectivity index (χ2n) is 13.0. The molecule has 1 aliphatic carbocycles. The third-order valence-corrected chi connectivity index (χ3v) is 11.1. The number of rotatable bonds is 3. The molecule has 0 N–H and O–H groups in total. The highest BCUT2D eigenvalue weighted by molar-refractivity contribution is 7.25. The molecule has 0 atom stereocenters. The Morgan fingerprint density at radius 3 is 2.04 bits per heavy atom. The second kappa shape index (κ2) is 9.71. The average Bonchev–Trinajstić information content (AvgIpc) is 3.72. The molecule has 47 heavy (non-hydrogen) atoms. The number of para-hydroxylation sites is 2. The summed E-state index contributed by atoms with van der Waals surface area (Å²) < 4.78 is 5.07. The highest BCUT2D eigenvalue weighted by Crippen LogP contribution is 2.52. The number of fused-ring (bicyclic) bond motifs is 9. The first-order valence-corrected chi connectivity index (χ1v) is 16.9. The van der Waals surface area contributed by atoms with Crippen LogP contribution in [0.2, 0.25) is 0 Å². The van der Waals surface area contributed by atoms with E-state index < -0.39 is 0 Å². The molecule has 0 fully saturated rings. The third-order valence-electron chi connectivity index (χ3n) is 9.99. The number of hydrogen-bond donors (Lipinski definition) is 0. The van der Waals surface area contributed by atoms with Crippen LogP contribution in [0.15, 0.2) is 140 Å². The van der Waals surface area contributed by atoms with E-state index in [0.717, 1.165) is 34.0 Å². The van der Waals surface area contributed by atoms with Gasteiger partial charge in [0.25, 0.3) is 0 Å². The summed E-state index contributed by atoms with van der Waals surface area (Å²) in [7, 11) is 0. The maximum atomic E-state index is 5.45. The van der Waals surface area contributed by atoms with Gasteiger partial charge in [-0.2, -0.15) is 0 Å². The Hall–Kier alpha value is -5.58. The van der Waals surface area contributed by atoms with Crippen molar-refractivity contribution in [3.05, 3.63) is 151 Å². The van der Waals surface area contributed by atoms with Gasteiger partial charge in [-0.05, 0) is 35.9 Å². The summed E-state index contributed by atoms with van der Waals surface area (Å²) in [6, 6.07) is 50.2. The van der Waals surface area contributed by atoms with Crippen LogP contribution in [0.1, 0.15) is 25.0 Å². The number of thiophene rings is 1. The molecule has 1 aliphatic rings. The van der Waals surface area contributed by atoms with Crippen LogP contribution in [-0.2, 0) is 5.41 Å². The Balaban J connectivity index is 1.31. The fourth-order valence-corrected chi connectivity index (χ4v) is 8.96. The molecule has 3 aromatic heterocycles. The molecule has 3 heterocycles. The summed E-state index contributed by atoms with van der Waals surface area (Å²) in [5.74, 6) is 0.746. The third kappa shape index (κ3) is 3.73. The Kier molecular flexibility index (Phi) is 5.50. The highest BCUT2D eigenvalue weighted by Gasteiger charge is 2.40. The Morgan fingerprint density at radius 2 is 1.19 bits per heavy atom. The number of aromatic nitrogens is 3. The fraction of sp³-hybridized carbons (Fsp3) is 0.0698. The van der Waals surface area contributed by atoms with Gasteiger partial charge in [-0.1, -0.05) is 123 Å². The normalized spacial score (nSPS) is 13.5. The zero-order valence-electron chi connectivity index (χ0n) is 26.0. The highest BCUT2D eigenvalue weighted by atomic mass is 32.1. The van der Waals surface area contributed by atoms with Gasteiger partial charge >= 0.3 is 0 Å². The van der Waals surface area contributed by atoms with Gasteiger partial charge in [-0.25, -0.2) is 9.97 Å². The fourth-order valence-electron chi connectivity index (χ4n) is 7.84. The first kappa shape index (κ1) is 26.6. The molecule has 4 heteroatoms. The van der Waals surface area contributed by atoms with E-state index in [-0.39, 0.29) is 5.41 Å². The maximum Gasteiger partial charge on any atom is 0.160 e. The van der Waals surface area contributed by atoms with Crippen molar-refractivity contribution in [3.8, 4) is 39.6 Å². The van der Waals surface area contributed by atoms with Crippen LogP contribution in [0.3, 0.4) is 0 Å². The molecule has 0 saturated heterocycles. The standard InChI is InChI=1S/C43H29N3S/c1-43(2)33-20-10-6-18-29(33)40-39(43)41(45-42(44-40)26-14-4-3-5-15-26)30-19-8-12-22-35(30)46-34-21-11-7-16-27(34)31-24-32-28-17-9-13-23-37(28)47-38(32)25-36(31)46/h3-25H,1-2H3. The molecule has 0 amide bonds. The lowest BCUT2D eigenvalue weighted by molar-refractivity contribution is 0.658. The summed E-state index contributed by atoms with van der Waals surface area (Å²) in [5, 5.41) is 5.14. The topological polar surface area (TPSA) is 30.7 Å². The maximum absolute atomic E-state index is 5.45. The van der Waals surface area contributed by atoms with E-state index in [0.29, 0.717) is 0 Å². The Morgan fingerprint density at radius 1 is 0.532 bits per heavy atom. The second-order valence-corrected chi connectivity index (χ2v) is 14.1. The monoisotopic (exact) mass is 619 g/mol. The quantitative estimate of drug-likeness (QED) is 0.197. The first-order chi connectivity index (χ1) is 23.1. The van der Waals surface area contributed by atoms with Gasteiger partial charge in [0.1, 0.15) is 0 Å². The van der Waals surface area contributed by atoms with E-state index in [2.05, 4.69) is 152 Å². The van der Waals surface area contributed by atoms with E-state index in [1.807, 2.05) is 17.4 Å². The van der Waals surface area contributed by atoms with Crippen LogP contribution in [-0.4, -0.2) is 14.5 Å². The predicted molar refractivity (Wildman–Crippen MR) is 198 cm³/mol. The molecule has 0 saturated carbocycles. The van der Waals surface area contributed by atoms with Gasteiger partial charge in [0.15, 0.2) is 5.82 Å². The van der Waals surface area contributed by atoms with Crippen molar-refractivity contribution >= 4 is 53.3 Å². The van der Waals surface area contributed by atoms with E-state index in [4.69, 9.17) is 9.97 Å². The molecule has 6 aromatic carbocycles. The van der Waals surface area contributed by atoms with Gasteiger partial charge < -0.3 is 4.57 Å². The molecular formula is C43H29N3S. The minimum absolute atomic E-state index is 0.270. The lowest BCUT2D eigenvalue weighted by atomic mass is 9.80. The van der Waals surface area contributed by atoms with Crippen molar-refractivity contribution < 1.29 is 0 Å². The van der Waals surface area contributed by atoms with Crippen LogP contribution >= 0.6 is 11.3 Å². The van der Waals surface area contributed by atoms with E-state index >= 15 is 0 Å². The van der Waals surface area contributed by atoms with Crippen molar-refractivity contribution in [2.24, 2.45) is 0 Å². The van der Waals surface area contributed by atoms with Crippen LogP contribution in [0, 0.1) is 0 Å². The summed E-state index contributed by atoms with van der Waals surface area (Å²) in [6.07, 6.45) is 0. The SMILES string of the molecule is CC1(C)c2ccccc2-c2nc(-c3ccccc3)nc(-c3ccccc3-n3c4ccccc4c4cc5c(cc43)sc3ccccc35)c21. The van der Waals surface area contributed by atoms with Crippen molar-refractivity contribution in [3.63, 3.8) is 0 Å². The molecule has 10 rings (SSSR count). The Bertz CT molecular complexity index is 2710. The molecule has 0 unspecified atom stereocenters. The van der Waals surface area contributed by atoms with Gasteiger partial charge in [-0.15, -0.1) is 11.3 Å². The average molecular weight is 620 g/mol. The zero-order chi connectivity index (χ0) is 31.3. The van der Waals surface area contributed by atoms with Gasteiger partial charge in [0.2, 0.25) is 0 Å². The number of hydrogen-bond acceptors (Lipinski definition) is 3. The minimum Gasteiger partial charge on any atom is -0.309 e. The summed E-state index contributed by atoms with van der Waals surface area (Å²) >= 11 is 1.87. The van der Waals surface area contributed by atoms with E-state index in [9.17, 15) is 0 Å². The van der Waals surface area contributed by atoms with Crippen molar-refractivity contribution in [1.29, 1.82) is 0 Å². The largest absolute Gasteiger partial charge is 0.309 e. The number of benzene rings is 6. The van der Waals surface area contributed by atoms with E-state index in [1.54, 1.807) is 0 Å². The number of nitrogens with zero attached hydrogens (tertiary/aromatic N) is 3. The molecule has 0 bridgehead atoms. The van der Waals surface area contributed by atoms with Crippen LogP contribution in [0.5, 0.6) is 0 Å². The summed E-state index contributed by atoms with van der Waals surface area (Å²) in [4.78, 5) is 10.7.